The topological polar surface area (TPSA) is 8.17 Å². The fraction of sp³-hybridized carbons (Fsp3) is 0.0645. The van der Waals surface area contributed by atoms with Crippen molar-refractivity contribution in [1.29, 1.82) is 0 Å². The van der Waals surface area contributed by atoms with E-state index in [0.717, 1.165) is 17.1 Å². The second kappa shape index (κ2) is 12.8. The van der Waals surface area contributed by atoms with Gasteiger partial charge in [0.2, 0.25) is 0 Å². The van der Waals surface area contributed by atoms with Gasteiger partial charge in [0.05, 0.1) is 22.1 Å². The second-order valence-corrected chi connectivity index (χ2v) is 18.4. The minimum absolute atomic E-state index is 0.105. The van der Waals surface area contributed by atoms with Crippen molar-refractivity contribution in [3.05, 3.63) is 252 Å². The van der Waals surface area contributed by atoms with Crippen molar-refractivity contribution < 1.29 is 0 Å². The van der Waals surface area contributed by atoms with Gasteiger partial charge < -0.3 is 9.47 Å². The summed E-state index contributed by atoms with van der Waals surface area (Å²) in [7, 11) is 0. The summed E-state index contributed by atoms with van der Waals surface area (Å²) in [6, 6.07) is 82.1. The Bertz CT molecular complexity index is 3720. The van der Waals surface area contributed by atoms with Crippen molar-refractivity contribution in [2.45, 2.75) is 24.7 Å². The van der Waals surface area contributed by atoms with Crippen molar-refractivity contribution in [2.75, 3.05) is 4.90 Å². The normalized spacial score (nSPS) is 14.3. The Morgan fingerprint density at radius 3 is 1.72 bits per heavy atom. The first-order chi connectivity index (χ1) is 31.5. The van der Waals surface area contributed by atoms with Gasteiger partial charge in [-0.3, -0.25) is 0 Å². The minimum Gasteiger partial charge on any atom is -0.310 e. The Morgan fingerprint density at radius 1 is 0.359 bits per heavy atom. The lowest BCUT2D eigenvalue weighted by Gasteiger charge is -2.40. The van der Waals surface area contributed by atoms with Crippen LogP contribution in [0.4, 0.5) is 17.1 Å². The highest BCUT2D eigenvalue weighted by atomic mass is 15.1. The quantitative estimate of drug-likeness (QED) is 0.172. The van der Waals surface area contributed by atoms with E-state index in [2.05, 4.69) is 242 Å². The van der Waals surface area contributed by atoms with E-state index in [9.17, 15) is 0 Å². The molecule has 0 radical (unpaired) electrons. The summed E-state index contributed by atoms with van der Waals surface area (Å²) in [4.78, 5) is 2.47. The lowest BCUT2D eigenvalue weighted by molar-refractivity contribution is 0.660. The molecule has 14 rings (SSSR count). The largest absolute Gasteiger partial charge is 0.310 e. The SMILES string of the molecule is CC1(C)c2ccccc2-c2c(-n3c4ccccc4c4ccc(N(c5ccccc5)c5ccc6c(c5)C5(c7ccccc7-c7ccccc75)c5cccc7cccc-6c57)cc43)cccc21. The summed E-state index contributed by atoms with van der Waals surface area (Å²) in [6.45, 7) is 4.74. The van der Waals surface area contributed by atoms with Crippen LogP contribution in [0.1, 0.15) is 47.2 Å². The molecule has 0 saturated heterocycles. The van der Waals surface area contributed by atoms with E-state index in [1.54, 1.807) is 0 Å². The van der Waals surface area contributed by atoms with E-state index in [1.165, 1.54) is 105 Å². The number of nitrogens with zero attached hydrogens (tertiary/aromatic N) is 2. The maximum absolute atomic E-state index is 2.53. The molecule has 2 heteroatoms. The van der Waals surface area contributed by atoms with Crippen LogP contribution in [0.25, 0.3) is 71.6 Å². The molecule has 0 N–H and O–H groups in total. The zero-order chi connectivity index (χ0) is 42.3. The van der Waals surface area contributed by atoms with E-state index in [4.69, 9.17) is 0 Å². The Morgan fingerprint density at radius 2 is 0.922 bits per heavy atom. The minimum atomic E-state index is -0.511. The van der Waals surface area contributed by atoms with Crippen LogP contribution in [0, 0.1) is 0 Å². The van der Waals surface area contributed by atoms with Gasteiger partial charge in [0.1, 0.15) is 0 Å². The highest BCUT2D eigenvalue weighted by molar-refractivity contribution is 6.12. The van der Waals surface area contributed by atoms with E-state index < -0.39 is 5.41 Å². The van der Waals surface area contributed by atoms with Crippen LogP contribution < -0.4 is 4.90 Å². The van der Waals surface area contributed by atoms with Gasteiger partial charge in [-0.1, -0.05) is 184 Å². The second-order valence-electron chi connectivity index (χ2n) is 18.4. The molecule has 2 nitrogen and oxygen atoms in total. The maximum Gasteiger partial charge on any atom is 0.0726 e. The predicted molar refractivity (Wildman–Crippen MR) is 267 cm³/mol. The number of hydrogen-bond acceptors (Lipinski definition) is 1. The fourth-order valence-corrected chi connectivity index (χ4v) is 12.4. The number of fused-ring (bicyclic) bond motifs is 15. The molecule has 10 aromatic carbocycles. The standard InChI is InChI=1S/C62H42N2/c1-61(2)50-26-10-8-24-49(50)60-53(61)29-16-32-57(60)64-56-31-13-9-23-46(56)47-36-34-42(38-58(47)64)63(40-19-4-3-5-20-40)41-33-35-45-48-25-14-17-39-18-15-30-54(59(39)48)62(55(45)37-41)51-27-11-6-21-43(51)44-22-7-12-28-52(44)62/h3-38H,1-2H3. The Kier molecular flexibility index (Phi) is 7.13. The van der Waals surface area contributed by atoms with Gasteiger partial charge in [-0.25, -0.2) is 0 Å². The summed E-state index contributed by atoms with van der Waals surface area (Å²) in [5.41, 5.74) is 22.3. The molecule has 3 aliphatic rings. The first-order valence-electron chi connectivity index (χ1n) is 22.5. The number of rotatable bonds is 4. The molecule has 0 atom stereocenters. The molecule has 0 aliphatic heterocycles. The summed E-state index contributed by atoms with van der Waals surface area (Å²) in [5, 5.41) is 5.11. The fourth-order valence-electron chi connectivity index (χ4n) is 12.4. The van der Waals surface area contributed by atoms with Gasteiger partial charge in [0.25, 0.3) is 0 Å². The third-order valence-electron chi connectivity index (χ3n) is 15.0. The molecule has 1 aromatic heterocycles. The van der Waals surface area contributed by atoms with Gasteiger partial charge in [0, 0.05) is 38.8 Å². The maximum atomic E-state index is 2.53. The molecular formula is C62H42N2. The zero-order valence-electron chi connectivity index (χ0n) is 35.7. The first kappa shape index (κ1) is 35.6. The van der Waals surface area contributed by atoms with E-state index in [0.29, 0.717) is 0 Å². The highest BCUT2D eigenvalue weighted by Crippen LogP contribution is 2.62. The van der Waals surface area contributed by atoms with E-state index in [-0.39, 0.29) is 5.41 Å². The molecule has 11 aromatic rings. The van der Waals surface area contributed by atoms with Crippen molar-refractivity contribution >= 4 is 49.6 Å². The number of aromatic nitrogens is 1. The van der Waals surface area contributed by atoms with Crippen LogP contribution in [-0.4, -0.2) is 4.57 Å². The number of benzene rings is 10. The van der Waals surface area contributed by atoms with Crippen molar-refractivity contribution in [3.63, 3.8) is 0 Å². The lowest BCUT2D eigenvalue weighted by atomic mass is 9.61. The highest BCUT2D eigenvalue weighted by Gasteiger charge is 2.50. The molecular weight excluding hydrogens is 773 g/mol. The van der Waals surface area contributed by atoms with Crippen LogP contribution >= 0.6 is 0 Å². The molecule has 0 amide bonds. The lowest BCUT2D eigenvalue weighted by Crippen LogP contribution is -2.32. The summed E-state index contributed by atoms with van der Waals surface area (Å²) >= 11 is 0. The number of anilines is 3. The van der Waals surface area contributed by atoms with E-state index >= 15 is 0 Å². The zero-order valence-corrected chi connectivity index (χ0v) is 35.7. The molecule has 300 valence electrons. The molecule has 0 unspecified atom stereocenters. The Hall–Kier alpha value is -7.94. The summed E-state index contributed by atoms with van der Waals surface area (Å²) in [5.74, 6) is 0. The smallest absolute Gasteiger partial charge is 0.0726 e. The molecule has 1 heterocycles. The van der Waals surface area contributed by atoms with Crippen LogP contribution in [0.3, 0.4) is 0 Å². The van der Waals surface area contributed by atoms with Crippen LogP contribution in [0.2, 0.25) is 0 Å². The molecule has 0 bridgehead atoms. The van der Waals surface area contributed by atoms with Gasteiger partial charge in [-0.05, 0) is 121 Å². The van der Waals surface area contributed by atoms with Crippen LogP contribution in [-0.2, 0) is 10.8 Å². The number of hydrogen-bond donors (Lipinski definition) is 0. The summed E-state index contributed by atoms with van der Waals surface area (Å²) in [6.07, 6.45) is 0. The van der Waals surface area contributed by atoms with E-state index in [1.807, 2.05) is 0 Å². The van der Waals surface area contributed by atoms with Gasteiger partial charge in [-0.2, -0.15) is 0 Å². The predicted octanol–water partition coefficient (Wildman–Crippen LogP) is 16.1. The molecule has 3 aliphatic carbocycles. The third kappa shape index (κ3) is 4.49. The van der Waals surface area contributed by atoms with Crippen LogP contribution in [0.15, 0.2) is 218 Å². The van der Waals surface area contributed by atoms with Crippen molar-refractivity contribution in [3.8, 4) is 39.1 Å². The molecule has 0 saturated carbocycles. The van der Waals surface area contributed by atoms with Gasteiger partial charge in [0.15, 0.2) is 0 Å². The first-order valence-corrected chi connectivity index (χ1v) is 22.5. The Balaban J connectivity index is 1.05. The average Bonchev–Trinajstić information content (AvgIpc) is 3.92. The summed E-state index contributed by atoms with van der Waals surface area (Å²) < 4.78 is 2.53. The number of para-hydroxylation sites is 2. The Labute approximate surface area is 372 Å². The van der Waals surface area contributed by atoms with Crippen molar-refractivity contribution in [1.82, 2.24) is 4.57 Å². The van der Waals surface area contributed by atoms with Crippen molar-refractivity contribution in [2.24, 2.45) is 0 Å². The molecule has 64 heavy (non-hydrogen) atoms. The molecule has 0 fully saturated rings. The monoisotopic (exact) mass is 814 g/mol. The third-order valence-corrected chi connectivity index (χ3v) is 15.0. The van der Waals surface area contributed by atoms with Gasteiger partial charge in [-0.15, -0.1) is 0 Å². The molecule has 1 spiro atoms. The van der Waals surface area contributed by atoms with Crippen LogP contribution in [0.5, 0.6) is 0 Å². The average molecular weight is 815 g/mol. The van der Waals surface area contributed by atoms with Gasteiger partial charge >= 0.3 is 0 Å².